The van der Waals surface area contributed by atoms with Crippen molar-refractivity contribution in [2.75, 3.05) is 12.1 Å². The van der Waals surface area contributed by atoms with Crippen LogP contribution in [0, 0.1) is 0 Å². The standard InChI is InChI=1S/C21H19ClN2O4S/c22-14-4-2-1-3-13(14)18(25)17-10-23-20(29-17)24-19(26)21(7-8-21)12-5-6-15-16(9-12)28-11-27-15/h3-6,9-10,18,25H,1-2,7-8,11H2,(H,23,24,26). The van der Waals surface area contributed by atoms with Gasteiger partial charge in [-0.3, -0.25) is 4.79 Å². The predicted molar refractivity (Wildman–Crippen MR) is 110 cm³/mol. The first-order valence-corrected chi connectivity index (χ1v) is 10.7. The van der Waals surface area contributed by atoms with Crippen molar-refractivity contribution in [2.24, 2.45) is 0 Å². The molecule has 1 amide bonds. The van der Waals surface area contributed by atoms with E-state index in [4.69, 9.17) is 21.1 Å². The molecule has 2 N–H and O–H groups in total. The highest BCUT2D eigenvalue weighted by Gasteiger charge is 2.52. The first kappa shape index (κ1) is 18.7. The quantitative estimate of drug-likeness (QED) is 0.734. The molecule has 1 fully saturated rings. The van der Waals surface area contributed by atoms with Crippen LogP contribution < -0.4 is 14.8 Å². The number of nitrogens with one attached hydrogen (secondary N) is 1. The summed E-state index contributed by atoms with van der Waals surface area (Å²) in [6.45, 7) is 0.206. The Hall–Kier alpha value is -2.35. The second-order valence-corrected chi connectivity index (χ2v) is 8.83. The van der Waals surface area contributed by atoms with E-state index in [-0.39, 0.29) is 12.7 Å². The van der Waals surface area contributed by atoms with Gasteiger partial charge >= 0.3 is 0 Å². The molecule has 150 valence electrons. The lowest BCUT2D eigenvalue weighted by molar-refractivity contribution is -0.118. The van der Waals surface area contributed by atoms with Crippen LogP contribution in [0.1, 0.15) is 42.2 Å². The summed E-state index contributed by atoms with van der Waals surface area (Å²) in [6, 6.07) is 5.65. The van der Waals surface area contributed by atoms with Gasteiger partial charge in [0.05, 0.1) is 10.3 Å². The molecule has 1 unspecified atom stereocenters. The minimum absolute atomic E-state index is 0.0958. The van der Waals surface area contributed by atoms with Gasteiger partial charge in [-0.25, -0.2) is 4.98 Å². The van der Waals surface area contributed by atoms with Gasteiger partial charge in [0.25, 0.3) is 0 Å². The first-order valence-electron chi connectivity index (χ1n) is 9.48. The second kappa shape index (κ2) is 7.16. The second-order valence-electron chi connectivity index (χ2n) is 7.36. The number of thiazole rings is 1. The van der Waals surface area contributed by atoms with E-state index in [9.17, 15) is 9.90 Å². The van der Waals surface area contributed by atoms with Crippen LogP contribution in [0.3, 0.4) is 0 Å². The maximum Gasteiger partial charge on any atom is 0.236 e. The SMILES string of the molecule is O=C(Nc1ncc(C(O)C2=CCCC=C2Cl)s1)C1(c2ccc3c(c2)OCO3)CC1. The highest BCUT2D eigenvalue weighted by Crippen LogP contribution is 2.51. The van der Waals surface area contributed by atoms with Crippen molar-refractivity contribution < 1.29 is 19.4 Å². The lowest BCUT2D eigenvalue weighted by Gasteiger charge is -2.16. The van der Waals surface area contributed by atoms with Gasteiger partial charge in [0.1, 0.15) is 6.10 Å². The molecule has 1 aromatic carbocycles. The van der Waals surface area contributed by atoms with Crippen LogP contribution in [0.4, 0.5) is 5.13 Å². The van der Waals surface area contributed by atoms with Crippen molar-refractivity contribution >= 4 is 34.0 Å². The number of anilines is 1. The lowest BCUT2D eigenvalue weighted by Crippen LogP contribution is -2.27. The van der Waals surface area contributed by atoms with E-state index in [2.05, 4.69) is 10.3 Å². The highest BCUT2D eigenvalue weighted by molar-refractivity contribution is 7.15. The van der Waals surface area contributed by atoms with Gasteiger partial charge in [-0.15, -0.1) is 0 Å². The zero-order chi connectivity index (χ0) is 20.0. The van der Waals surface area contributed by atoms with E-state index in [1.54, 1.807) is 6.20 Å². The molecule has 2 aliphatic carbocycles. The maximum atomic E-state index is 13.0. The minimum Gasteiger partial charge on any atom is -0.454 e. The van der Waals surface area contributed by atoms with Crippen molar-refractivity contribution in [3.63, 3.8) is 0 Å². The molecule has 0 bridgehead atoms. The van der Waals surface area contributed by atoms with E-state index in [0.717, 1.165) is 31.2 Å². The fourth-order valence-electron chi connectivity index (χ4n) is 3.71. The summed E-state index contributed by atoms with van der Waals surface area (Å²) in [5.41, 5.74) is 1.04. The summed E-state index contributed by atoms with van der Waals surface area (Å²) in [4.78, 5) is 17.9. The number of aliphatic hydroxyl groups is 1. The third-order valence-electron chi connectivity index (χ3n) is 5.55. The first-order chi connectivity index (χ1) is 14.1. The van der Waals surface area contributed by atoms with Crippen molar-refractivity contribution in [1.29, 1.82) is 0 Å². The predicted octanol–water partition coefficient (Wildman–Crippen LogP) is 4.42. The van der Waals surface area contributed by atoms with Crippen molar-refractivity contribution in [3.05, 3.63) is 57.6 Å². The zero-order valence-corrected chi connectivity index (χ0v) is 17.1. The van der Waals surface area contributed by atoms with Crippen LogP contribution >= 0.6 is 22.9 Å². The fourth-order valence-corrected chi connectivity index (χ4v) is 4.82. The Morgan fingerprint density at radius 1 is 1.24 bits per heavy atom. The van der Waals surface area contributed by atoms with E-state index in [1.165, 1.54) is 11.3 Å². The van der Waals surface area contributed by atoms with Crippen LogP contribution in [-0.4, -0.2) is 22.8 Å². The number of benzene rings is 1. The third-order valence-corrected chi connectivity index (χ3v) is 6.89. The van der Waals surface area contributed by atoms with E-state index in [1.807, 2.05) is 30.4 Å². The number of ether oxygens (including phenoxy) is 2. The summed E-state index contributed by atoms with van der Waals surface area (Å²) < 4.78 is 10.8. The van der Waals surface area contributed by atoms with Gasteiger partial charge in [-0.1, -0.05) is 41.2 Å². The molecule has 29 heavy (non-hydrogen) atoms. The number of amides is 1. The molecule has 1 aliphatic heterocycles. The Balaban J connectivity index is 1.32. The number of allylic oxidation sites excluding steroid dienone is 2. The minimum atomic E-state index is -0.842. The van der Waals surface area contributed by atoms with Gasteiger partial charge in [-0.2, -0.15) is 0 Å². The number of halogens is 1. The molecule has 0 spiro atoms. The summed E-state index contributed by atoms with van der Waals surface area (Å²) in [6.07, 6.45) is 7.87. The molecular formula is C21H19ClN2O4S. The van der Waals surface area contributed by atoms with Crippen molar-refractivity contribution in [3.8, 4) is 11.5 Å². The molecule has 1 atom stereocenters. The van der Waals surface area contributed by atoms with E-state index >= 15 is 0 Å². The Labute approximate surface area is 176 Å². The molecule has 1 aromatic heterocycles. The lowest BCUT2D eigenvalue weighted by atomic mass is 9.94. The number of aromatic nitrogens is 1. The maximum absolute atomic E-state index is 13.0. The number of hydrogen-bond donors (Lipinski definition) is 2. The number of fused-ring (bicyclic) bond motifs is 1. The number of aliphatic hydroxyl groups excluding tert-OH is 1. The molecule has 5 rings (SSSR count). The van der Waals surface area contributed by atoms with Crippen molar-refractivity contribution in [1.82, 2.24) is 4.98 Å². The monoisotopic (exact) mass is 430 g/mol. The summed E-state index contributed by atoms with van der Waals surface area (Å²) in [5.74, 6) is 1.28. The van der Waals surface area contributed by atoms with Crippen LogP contribution in [-0.2, 0) is 10.2 Å². The highest BCUT2D eigenvalue weighted by atomic mass is 35.5. The summed E-state index contributed by atoms with van der Waals surface area (Å²) in [5, 5.41) is 14.6. The van der Waals surface area contributed by atoms with E-state index in [0.29, 0.717) is 32.1 Å². The summed E-state index contributed by atoms with van der Waals surface area (Å²) in [7, 11) is 0. The molecule has 3 aliphatic rings. The van der Waals surface area contributed by atoms with Gasteiger partial charge in [0.2, 0.25) is 12.7 Å². The van der Waals surface area contributed by atoms with Gasteiger partial charge in [-0.05, 0) is 43.4 Å². The summed E-state index contributed by atoms with van der Waals surface area (Å²) >= 11 is 7.48. The Morgan fingerprint density at radius 3 is 2.83 bits per heavy atom. The largest absolute Gasteiger partial charge is 0.454 e. The number of hydrogen-bond acceptors (Lipinski definition) is 6. The van der Waals surface area contributed by atoms with Crippen LogP contribution in [0.5, 0.6) is 11.5 Å². The molecule has 0 saturated heterocycles. The molecule has 6 nitrogen and oxygen atoms in total. The number of nitrogens with zero attached hydrogens (tertiary/aromatic N) is 1. The Kier molecular flexibility index (Phi) is 4.61. The molecule has 2 aromatic rings. The normalized spacial score (nSPS) is 19.9. The fraction of sp³-hybridized carbons (Fsp3) is 0.333. The molecular weight excluding hydrogens is 412 g/mol. The van der Waals surface area contributed by atoms with Gasteiger partial charge < -0.3 is 19.9 Å². The van der Waals surface area contributed by atoms with Gasteiger partial charge in [0.15, 0.2) is 16.6 Å². The molecule has 2 heterocycles. The van der Waals surface area contributed by atoms with Crippen LogP contribution in [0.15, 0.2) is 47.2 Å². The van der Waals surface area contributed by atoms with Crippen LogP contribution in [0.25, 0.3) is 0 Å². The smallest absolute Gasteiger partial charge is 0.236 e. The third kappa shape index (κ3) is 3.33. The number of carbonyl (C=O) groups excluding carboxylic acids is 1. The number of carbonyl (C=O) groups is 1. The molecule has 8 heteroatoms. The Bertz CT molecular complexity index is 1040. The van der Waals surface area contributed by atoms with Gasteiger partial charge in [0, 0.05) is 16.8 Å². The topological polar surface area (TPSA) is 80.7 Å². The molecule has 1 saturated carbocycles. The molecule has 0 radical (unpaired) electrons. The average molecular weight is 431 g/mol. The number of rotatable bonds is 5. The van der Waals surface area contributed by atoms with Crippen LogP contribution in [0.2, 0.25) is 0 Å². The zero-order valence-electron chi connectivity index (χ0n) is 15.5. The van der Waals surface area contributed by atoms with E-state index < -0.39 is 11.5 Å². The van der Waals surface area contributed by atoms with Crippen molar-refractivity contribution in [2.45, 2.75) is 37.2 Å². The Morgan fingerprint density at radius 2 is 2.03 bits per heavy atom. The average Bonchev–Trinajstić information content (AvgIpc) is 3.18.